The van der Waals surface area contributed by atoms with Crippen molar-refractivity contribution in [1.82, 2.24) is 4.90 Å². The maximum Gasteiger partial charge on any atom is 0.246 e. The Labute approximate surface area is 153 Å². The fourth-order valence-corrected chi connectivity index (χ4v) is 2.54. The number of rotatable bonds is 6. The second-order valence-electron chi connectivity index (χ2n) is 5.64. The Hall–Kier alpha value is -2.59. The second kappa shape index (κ2) is 9.04. The Balaban J connectivity index is 1.93. The SMILES string of the molecule is CCc1ccccc1NC(=O)CN(C)C(=O)/C=C/c1cccc(Cl)c1. The molecule has 2 aromatic rings. The van der Waals surface area contributed by atoms with Gasteiger partial charge in [0, 0.05) is 23.8 Å². The van der Waals surface area contributed by atoms with Gasteiger partial charge in [-0.2, -0.15) is 0 Å². The molecule has 4 nitrogen and oxygen atoms in total. The number of para-hydroxylation sites is 1. The van der Waals surface area contributed by atoms with Crippen molar-refractivity contribution >= 4 is 35.2 Å². The molecule has 0 unspecified atom stereocenters. The molecular formula is C20H21ClN2O2. The van der Waals surface area contributed by atoms with Gasteiger partial charge in [-0.05, 0) is 41.8 Å². The van der Waals surface area contributed by atoms with Gasteiger partial charge in [-0.3, -0.25) is 9.59 Å². The Morgan fingerprint density at radius 1 is 1.16 bits per heavy atom. The van der Waals surface area contributed by atoms with Crippen LogP contribution in [0.3, 0.4) is 0 Å². The van der Waals surface area contributed by atoms with Gasteiger partial charge in [0.25, 0.3) is 0 Å². The third-order valence-electron chi connectivity index (χ3n) is 3.70. The van der Waals surface area contributed by atoms with E-state index in [-0.39, 0.29) is 18.4 Å². The fourth-order valence-electron chi connectivity index (χ4n) is 2.34. The van der Waals surface area contributed by atoms with E-state index in [0.717, 1.165) is 23.2 Å². The van der Waals surface area contributed by atoms with Gasteiger partial charge >= 0.3 is 0 Å². The predicted octanol–water partition coefficient (Wildman–Crippen LogP) is 4.01. The Morgan fingerprint density at radius 2 is 1.92 bits per heavy atom. The lowest BCUT2D eigenvalue weighted by atomic mass is 10.1. The third-order valence-corrected chi connectivity index (χ3v) is 3.93. The standard InChI is InChI=1S/C20H21ClN2O2/c1-3-16-8-4-5-10-18(16)22-19(24)14-23(2)20(25)12-11-15-7-6-9-17(21)13-15/h4-13H,3,14H2,1-2H3,(H,22,24)/b12-11+. The highest BCUT2D eigenvalue weighted by Crippen LogP contribution is 2.15. The highest BCUT2D eigenvalue weighted by Gasteiger charge is 2.11. The summed E-state index contributed by atoms with van der Waals surface area (Å²) in [6.45, 7) is 2.01. The van der Waals surface area contributed by atoms with Crippen LogP contribution in [0.15, 0.2) is 54.6 Å². The summed E-state index contributed by atoms with van der Waals surface area (Å²) in [5, 5.41) is 3.46. The van der Waals surface area contributed by atoms with Gasteiger partial charge in [0.2, 0.25) is 11.8 Å². The van der Waals surface area contributed by atoms with Crippen molar-refractivity contribution < 1.29 is 9.59 Å². The minimum absolute atomic E-state index is 0.0171. The minimum Gasteiger partial charge on any atom is -0.333 e. The van der Waals surface area contributed by atoms with Crippen LogP contribution >= 0.6 is 11.6 Å². The smallest absolute Gasteiger partial charge is 0.246 e. The molecule has 0 aliphatic carbocycles. The van der Waals surface area contributed by atoms with Crippen molar-refractivity contribution in [2.24, 2.45) is 0 Å². The van der Waals surface area contributed by atoms with Gasteiger partial charge in [0.05, 0.1) is 6.54 Å². The van der Waals surface area contributed by atoms with Crippen LogP contribution in [0, 0.1) is 0 Å². The molecule has 0 aromatic heterocycles. The van der Waals surface area contributed by atoms with Gasteiger partial charge in [-0.15, -0.1) is 0 Å². The maximum absolute atomic E-state index is 12.2. The molecule has 0 atom stereocenters. The summed E-state index contributed by atoms with van der Waals surface area (Å²) in [5.74, 6) is -0.480. The topological polar surface area (TPSA) is 49.4 Å². The van der Waals surface area contributed by atoms with Crippen LogP contribution < -0.4 is 5.32 Å². The van der Waals surface area contributed by atoms with Crippen LogP contribution in [0.4, 0.5) is 5.69 Å². The average Bonchev–Trinajstić information content (AvgIpc) is 2.60. The summed E-state index contributed by atoms with van der Waals surface area (Å²) in [6, 6.07) is 14.8. The van der Waals surface area contributed by atoms with E-state index in [0.29, 0.717) is 5.02 Å². The summed E-state index contributed by atoms with van der Waals surface area (Å²) in [7, 11) is 1.59. The summed E-state index contributed by atoms with van der Waals surface area (Å²) in [5.41, 5.74) is 2.67. The van der Waals surface area contributed by atoms with Crippen LogP contribution in [-0.4, -0.2) is 30.3 Å². The van der Waals surface area contributed by atoms with Gasteiger partial charge in [-0.1, -0.05) is 48.9 Å². The van der Waals surface area contributed by atoms with E-state index in [1.807, 2.05) is 43.3 Å². The van der Waals surface area contributed by atoms with Crippen molar-refractivity contribution in [2.75, 3.05) is 18.9 Å². The quantitative estimate of drug-likeness (QED) is 0.795. The molecule has 0 aliphatic heterocycles. The number of benzene rings is 2. The first-order valence-electron chi connectivity index (χ1n) is 8.06. The zero-order chi connectivity index (χ0) is 18.2. The molecule has 0 saturated carbocycles. The van der Waals surface area contributed by atoms with Gasteiger partial charge in [0.1, 0.15) is 0 Å². The first-order valence-corrected chi connectivity index (χ1v) is 8.44. The number of carbonyl (C=O) groups excluding carboxylic acids is 2. The molecule has 1 N–H and O–H groups in total. The molecule has 0 bridgehead atoms. The summed E-state index contributed by atoms with van der Waals surface area (Å²) in [4.78, 5) is 25.7. The maximum atomic E-state index is 12.2. The Bertz CT molecular complexity index is 787. The highest BCUT2D eigenvalue weighted by atomic mass is 35.5. The molecule has 0 fully saturated rings. The molecular weight excluding hydrogens is 336 g/mol. The zero-order valence-corrected chi connectivity index (χ0v) is 15.1. The van der Waals surface area contributed by atoms with Crippen molar-refractivity contribution in [2.45, 2.75) is 13.3 Å². The van der Waals surface area contributed by atoms with Crippen LogP contribution in [0.5, 0.6) is 0 Å². The van der Waals surface area contributed by atoms with Crippen molar-refractivity contribution in [1.29, 1.82) is 0 Å². The van der Waals surface area contributed by atoms with E-state index < -0.39 is 0 Å². The van der Waals surface area contributed by atoms with Gasteiger partial charge in [-0.25, -0.2) is 0 Å². The fraction of sp³-hybridized carbons (Fsp3) is 0.200. The third kappa shape index (κ3) is 5.76. The number of carbonyl (C=O) groups is 2. The number of aryl methyl sites for hydroxylation is 1. The summed E-state index contributed by atoms with van der Waals surface area (Å²) in [6.07, 6.45) is 3.93. The summed E-state index contributed by atoms with van der Waals surface area (Å²) < 4.78 is 0. The molecule has 0 heterocycles. The normalized spacial score (nSPS) is 10.7. The van der Waals surface area contributed by atoms with E-state index >= 15 is 0 Å². The van der Waals surface area contributed by atoms with Crippen LogP contribution in [0.2, 0.25) is 5.02 Å². The first kappa shape index (κ1) is 18.7. The molecule has 2 aromatic carbocycles. The molecule has 0 radical (unpaired) electrons. The van der Waals surface area contributed by atoms with Crippen molar-refractivity contribution in [3.8, 4) is 0 Å². The number of amides is 2. The second-order valence-corrected chi connectivity index (χ2v) is 6.08. The number of likely N-dealkylation sites (N-methyl/N-ethyl adjacent to an activating group) is 1. The minimum atomic E-state index is -0.251. The van der Waals surface area contributed by atoms with E-state index in [2.05, 4.69) is 5.32 Å². The number of anilines is 1. The summed E-state index contributed by atoms with van der Waals surface area (Å²) >= 11 is 5.91. The van der Waals surface area contributed by atoms with Crippen LogP contribution in [0.1, 0.15) is 18.1 Å². The molecule has 2 rings (SSSR count). The number of nitrogens with one attached hydrogen (secondary N) is 1. The number of hydrogen-bond acceptors (Lipinski definition) is 2. The van der Waals surface area contributed by atoms with E-state index in [4.69, 9.17) is 11.6 Å². The Kier molecular flexibility index (Phi) is 6.78. The van der Waals surface area contributed by atoms with Crippen molar-refractivity contribution in [3.05, 3.63) is 70.8 Å². The number of nitrogens with zero attached hydrogens (tertiary/aromatic N) is 1. The largest absolute Gasteiger partial charge is 0.333 e. The molecule has 2 amide bonds. The molecule has 0 saturated heterocycles. The monoisotopic (exact) mass is 356 g/mol. The number of halogens is 1. The van der Waals surface area contributed by atoms with E-state index in [1.165, 1.54) is 11.0 Å². The molecule has 130 valence electrons. The lowest BCUT2D eigenvalue weighted by Crippen LogP contribution is -2.34. The Morgan fingerprint density at radius 3 is 2.64 bits per heavy atom. The lowest BCUT2D eigenvalue weighted by Gasteiger charge is -2.16. The molecule has 0 aliphatic rings. The van der Waals surface area contributed by atoms with Gasteiger partial charge < -0.3 is 10.2 Å². The molecule has 25 heavy (non-hydrogen) atoms. The van der Waals surface area contributed by atoms with Gasteiger partial charge in [0.15, 0.2) is 0 Å². The van der Waals surface area contributed by atoms with Crippen molar-refractivity contribution in [3.63, 3.8) is 0 Å². The van der Waals surface area contributed by atoms with Crippen LogP contribution in [-0.2, 0) is 16.0 Å². The van der Waals surface area contributed by atoms with E-state index in [1.54, 1.807) is 25.3 Å². The molecule has 0 spiro atoms. The highest BCUT2D eigenvalue weighted by molar-refractivity contribution is 6.30. The first-order chi connectivity index (χ1) is 12.0. The zero-order valence-electron chi connectivity index (χ0n) is 14.3. The number of hydrogen-bond donors (Lipinski definition) is 1. The predicted molar refractivity (Wildman–Crippen MR) is 103 cm³/mol. The van der Waals surface area contributed by atoms with E-state index in [9.17, 15) is 9.59 Å². The molecule has 5 heteroatoms. The average molecular weight is 357 g/mol. The lowest BCUT2D eigenvalue weighted by molar-refractivity contribution is -0.129. The van der Waals surface area contributed by atoms with Crippen LogP contribution in [0.25, 0.3) is 6.08 Å².